The van der Waals surface area contributed by atoms with E-state index in [0.717, 1.165) is 17.7 Å². The molecule has 0 amide bonds. The van der Waals surface area contributed by atoms with Crippen LogP contribution in [0.1, 0.15) is 23.1 Å². The topological polar surface area (TPSA) is 54.5 Å². The molecule has 0 unspecified atom stereocenters. The van der Waals surface area contributed by atoms with E-state index in [1.54, 1.807) is 12.1 Å². The van der Waals surface area contributed by atoms with Crippen molar-refractivity contribution in [2.75, 3.05) is 10.8 Å². The smallest absolute Gasteiger partial charge is 0.264 e. The third kappa shape index (κ3) is 4.54. The van der Waals surface area contributed by atoms with Crippen LogP contribution >= 0.6 is 11.6 Å². The lowest BCUT2D eigenvalue weighted by Gasteiger charge is -2.31. The molecule has 4 nitrogen and oxygen atoms in total. The largest absolute Gasteiger partial charge is 0.299 e. The monoisotopic (exact) mass is 475 g/mol. The van der Waals surface area contributed by atoms with Gasteiger partial charge in [-0.2, -0.15) is 0 Å². The van der Waals surface area contributed by atoms with Gasteiger partial charge in [0.05, 0.1) is 10.6 Å². The van der Waals surface area contributed by atoms with Gasteiger partial charge in [0.15, 0.2) is 0 Å². The molecule has 0 atom stereocenters. The van der Waals surface area contributed by atoms with Crippen molar-refractivity contribution in [3.05, 3.63) is 94.0 Å². The molecule has 3 aromatic carbocycles. The summed E-state index contributed by atoms with van der Waals surface area (Å²) in [5.74, 6) is -1.28. The third-order valence-corrected chi connectivity index (χ3v) is 7.65. The lowest BCUT2D eigenvalue weighted by Crippen LogP contribution is -2.35. The van der Waals surface area contributed by atoms with Crippen molar-refractivity contribution in [2.24, 2.45) is 0 Å². The molecule has 166 valence electrons. The second kappa shape index (κ2) is 9.00. The summed E-state index contributed by atoms with van der Waals surface area (Å²) in [6.45, 7) is 0.287. The van der Waals surface area contributed by atoms with Gasteiger partial charge in [-0.1, -0.05) is 29.8 Å². The second-order valence-electron chi connectivity index (χ2n) is 7.69. The Morgan fingerprint density at radius 1 is 1.00 bits per heavy atom. The fraction of sp³-hybridized carbons (Fsp3) is 0.208. The minimum absolute atomic E-state index is 0.00224. The number of benzene rings is 3. The van der Waals surface area contributed by atoms with Crippen molar-refractivity contribution in [1.29, 1.82) is 0 Å². The minimum atomic E-state index is -3.88. The van der Waals surface area contributed by atoms with Crippen LogP contribution < -0.4 is 4.31 Å². The number of aryl methyl sites for hydroxylation is 1. The summed E-state index contributed by atoms with van der Waals surface area (Å²) in [5.41, 5.74) is 2.14. The van der Waals surface area contributed by atoms with Crippen LogP contribution in [0.4, 0.5) is 14.5 Å². The average molecular weight is 476 g/mol. The number of carbonyl (C=O) groups excluding carboxylic acids is 1. The molecule has 0 radical (unpaired) electrons. The minimum Gasteiger partial charge on any atom is -0.299 e. The van der Waals surface area contributed by atoms with Gasteiger partial charge in [0.1, 0.15) is 17.4 Å². The number of ketones is 1. The van der Waals surface area contributed by atoms with Crippen LogP contribution in [0.2, 0.25) is 5.02 Å². The molecule has 1 aliphatic rings. The Kier molecular flexibility index (Phi) is 6.31. The van der Waals surface area contributed by atoms with Crippen LogP contribution in [0, 0.1) is 11.6 Å². The van der Waals surface area contributed by atoms with Crippen LogP contribution in [0.5, 0.6) is 0 Å². The molecule has 0 aliphatic carbocycles. The van der Waals surface area contributed by atoms with Crippen LogP contribution in [0.15, 0.2) is 65.6 Å². The maximum atomic E-state index is 14.0. The number of anilines is 1. The fourth-order valence-electron chi connectivity index (χ4n) is 3.87. The zero-order valence-electron chi connectivity index (χ0n) is 17.0. The summed E-state index contributed by atoms with van der Waals surface area (Å²) in [6.07, 6.45) is 1.23. The van der Waals surface area contributed by atoms with Gasteiger partial charge in [0.25, 0.3) is 10.0 Å². The normalized spacial score (nSPS) is 13.7. The molecule has 0 spiro atoms. The van der Waals surface area contributed by atoms with Crippen LogP contribution in [0.25, 0.3) is 0 Å². The summed E-state index contributed by atoms with van der Waals surface area (Å²) in [6, 6.07) is 14.3. The van der Waals surface area contributed by atoms with Gasteiger partial charge in [-0.3, -0.25) is 9.10 Å². The number of carbonyl (C=O) groups is 1. The van der Waals surface area contributed by atoms with Crippen molar-refractivity contribution in [2.45, 2.75) is 30.6 Å². The molecule has 0 aromatic heterocycles. The predicted octanol–water partition coefficient (Wildman–Crippen LogP) is 5.11. The Labute approximate surface area is 190 Å². The molecule has 32 heavy (non-hydrogen) atoms. The number of fused-ring (bicyclic) bond motifs is 1. The summed E-state index contributed by atoms with van der Waals surface area (Å²) >= 11 is 6.02. The zero-order chi connectivity index (χ0) is 22.9. The van der Waals surface area contributed by atoms with Crippen molar-refractivity contribution in [3.63, 3.8) is 0 Å². The predicted molar refractivity (Wildman–Crippen MR) is 120 cm³/mol. The molecular weight excluding hydrogens is 456 g/mol. The second-order valence-corrected chi connectivity index (χ2v) is 9.96. The van der Waals surface area contributed by atoms with E-state index in [1.807, 2.05) is 6.07 Å². The molecule has 0 saturated carbocycles. The number of rotatable bonds is 6. The highest BCUT2D eigenvalue weighted by atomic mass is 35.5. The van der Waals surface area contributed by atoms with Gasteiger partial charge in [0.2, 0.25) is 0 Å². The van der Waals surface area contributed by atoms with Gasteiger partial charge in [0, 0.05) is 30.0 Å². The first kappa shape index (κ1) is 22.4. The Morgan fingerprint density at radius 2 is 1.75 bits per heavy atom. The summed E-state index contributed by atoms with van der Waals surface area (Å²) in [4.78, 5) is 12.6. The molecule has 1 aliphatic heterocycles. The van der Waals surface area contributed by atoms with E-state index in [-0.39, 0.29) is 40.7 Å². The Bertz CT molecular complexity index is 1260. The van der Waals surface area contributed by atoms with Crippen molar-refractivity contribution in [1.82, 2.24) is 0 Å². The summed E-state index contributed by atoms with van der Waals surface area (Å²) in [7, 11) is -3.88. The van der Waals surface area contributed by atoms with Gasteiger partial charge < -0.3 is 0 Å². The van der Waals surface area contributed by atoms with E-state index in [1.165, 1.54) is 34.6 Å². The number of sulfonamides is 1. The molecule has 4 rings (SSSR count). The van der Waals surface area contributed by atoms with E-state index in [4.69, 9.17) is 11.6 Å². The molecule has 0 saturated heterocycles. The number of nitrogens with zero attached hydrogens (tertiary/aromatic N) is 1. The molecule has 1 heterocycles. The Hall–Kier alpha value is -2.77. The van der Waals surface area contributed by atoms with E-state index < -0.39 is 21.7 Å². The van der Waals surface area contributed by atoms with Crippen molar-refractivity contribution >= 4 is 33.1 Å². The van der Waals surface area contributed by atoms with Crippen LogP contribution in [0.3, 0.4) is 0 Å². The highest BCUT2D eigenvalue weighted by Crippen LogP contribution is 2.33. The Balaban J connectivity index is 1.60. The number of hydrogen-bond acceptors (Lipinski definition) is 3. The third-order valence-electron chi connectivity index (χ3n) is 5.46. The molecule has 0 fully saturated rings. The standard InChI is InChI=1S/C24H20ClF2NO3S/c25-22-4-1-5-23(27)21(22)15-19(29)13-16-6-7-17-3-2-12-28(24(17)14-16)32(30,31)20-10-8-18(26)9-11-20/h1,4-11,14H,2-3,12-13,15H2. The first-order chi connectivity index (χ1) is 15.3. The number of hydrogen-bond donors (Lipinski definition) is 0. The highest BCUT2D eigenvalue weighted by Gasteiger charge is 2.29. The lowest BCUT2D eigenvalue weighted by atomic mass is 9.97. The van der Waals surface area contributed by atoms with Gasteiger partial charge in [-0.05, 0) is 66.4 Å². The zero-order valence-corrected chi connectivity index (χ0v) is 18.6. The molecule has 8 heteroatoms. The molecule has 0 N–H and O–H groups in total. The van der Waals surface area contributed by atoms with E-state index in [0.29, 0.717) is 24.1 Å². The number of Topliss-reactive ketones (excluding diaryl/α,β-unsaturated/α-hetero) is 1. The molecular formula is C24H20ClF2NO3S. The maximum absolute atomic E-state index is 14.0. The van der Waals surface area contributed by atoms with Crippen molar-refractivity contribution in [3.8, 4) is 0 Å². The SMILES string of the molecule is O=C(Cc1ccc2c(c1)N(S(=O)(=O)c1ccc(F)cc1)CCC2)Cc1c(F)cccc1Cl. The quantitative estimate of drug-likeness (QED) is 0.497. The van der Waals surface area contributed by atoms with E-state index >= 15 is 0 Å². The van der Waals surface area contributed by atoms with Gasteiger partial charge >= 0.3 is 0 Å². The first-order valence-corrected chi connectivity index (χ1v) is 11.9. The van der Waals surface area contributed by atoms with E-state index in [9.17, 15) is 22.0 Å². The van der Waals surface area contributed by atoms with Crippen LogP contribution in [-0.2, 0) is 34.1 Å². The van der Waals surface area contributed by atoms with Gasteiger partial charge in [-0.15, -0.1) is 0 Å². The Morgan fingerprint density at radius 3 is 2.47 bits per heavy atom. The van der Waals surface area contributed by atoms with Crippen molar-refractivity contribution < 1.29 is 22.0 Å². The highest BCUT2D eigenvalue weighted by molar-refractivity contribution is 7.92. The van der Waals surface area contributed by atoms with Gasteiger partial charge in [-0.25, -0.2) is 17.2 Å². The fourth-order valence-corrected chi connectivity index (χ4v) is 5.63. The summed E-state index contributed by atoms with van der Waals surface area (Å²) < 4.78 is 55.0. The van der Waals surface area contributed by atoms with Crippen LogP contribution in [-0.4, -0.2) is 20.7 Å². The first-order valence-electron chi connectivity index (χ1n) is 10.1. The average Bonchev–Trinajstić information content (AvgIpc) is 2.76. The molecule has 0 bridgehead atoms. The maximum Gasteiger partial charge on any atom is 0.264 e. The summed E-state index contributed by atoms with van der Waals surface area (Å²) in [5, 5.41) is 0.195. The number of halogens is 3. The lowest BCUT2D eigenvalue weighted by molar-refractivity contribution is -0.117. The van der Waals surface area contributed by atoms with E-state index in [2.05, 4.69) is 0 Å². The molecule has 3 aromatic rings.